The average molecular weight is 216 g/mol. The van der Waals surface area contributed by atoms with E-state index in [9.17, 15) is 4.79 Å². The molecule has 16 heavy (non-hydrogen) atoms. The zero-order valence-electron chi connectivity index (χ0n) is 9.44. The smallest absolute Gasteiger partial charge is 0.331 e. The van der Waals surface area contributed by atoms with Gasteiger partial charge in [-0.25, -0.2) is 4.79 Å². The Bertz CT molecular complexity index is 432. The molecule has 0 saturated heterocycles. The summed E-state index contributed by atoms with van der Waals surface area (Å²) in [4.78, 5) is 10.8. The fourth-order valence-corrected chi connectivity index (χ4v) is 2.26. The molecule has 1 aliphatic rings. The van der Waals surface area contributed by atoms with Gasteiger partial charge in [-0.1, -0.05) is 35.9 Å². The monoisotopic (exact) mass is 216 g/mol. The fraction of sp³-hybridized carbons (Fsp3) is 0.357. The van der Waals surface area contributed by atoms with Crippen LogP contribution in [0.4, 0.5) is 0 Å². The maximum absolute atomic E-state index is 10.8. The quantitative estimate of drug-likeness (QED) is 0.823. The van der Waals surface area contributed by atoms with E-state index in [-0.39, 0.29) is 0 Å². The molecule has 0 heterocycles. The van der Waals surface area contributed by atoms with Crippen molar-refractivity contribution in [1.29, 1.82) is 0 Å². The van der Waals surface area contributed by atoms with Gasteiger partial charge in [0.25, 0.3) is 0 Å². The average Bonchev–Trinajstić information content (AvgIpc) is 2.29. The second-order valence-electron chi connectivity index (χ2n) is 4.42. The highest BCUT2D eigenvalue weighted by Crippen LogP contribution is 2.32. The van der Waals surface area contributed by atoms with Crippen molar-refractivity contribution in [3.63, 3.8) is 0 Å². The van der Waals surface area contributed by atoms with Gasteiger partial charge in [-0.15, -0.1) is 0 Å². The van der Waals surface area contributed by atoms with Crippen LogP contribution in [0.15, 0.2) is 35.9 Å². The molecule has 0 amide bonds. The van der Waals surface area contributed by atoms with Gasteiger partial charge in [-0.05, 0) is 37.7 Å². The van der Waals surface area contributed by atoms with Crippen LogP contribution in [0, 0.1) is 6.92 Å². The van der Waals surface area contributed by atoms with Crippen LogP contribution in [-0.4, -0.2) is 11.1 Å². The standard InChI is InChI=1S/C14H16O2/c1-10-3-2-4-13(9-10)11-5-7-12(8-6-11)14(15)16/h2-4,7,9,11H,5-6,8H2,1H3,(H,15,16). The Hall–Kier alpha value is -1.57. The summed E-state index contributed by atoms with van der Waals surface area (Å²) in [7, 11) is 0. The van der Waals surface area contributed by atoms with Crippen LogP contribution in [0.5, 0.6) is 0 Å². The third-order valence-electron chi connectivity index (χ3n) is 3.20. The Morgan fingerprint density at radius 1 is 1.44 bits per heavy atom. The third-order valence-corrected chi connectivity index (χ3v) is 3.20. The Kier molecular flexibility index (Phi) is 3.09. The van der Waals surface area contributed by atoms with E-state index >= 15 is 0 Å². The van der Waals surface area contributed by atoms with Gasteiger partial charge in [0.05, 0.1) is 0 Å². The largest absolute Gasteiger partial charge is 0.478 e. The molecule has 0 radical (unpaired) electrons. The molecule has 1 aromatic rings. The van der Waals surface area contributed by atoms with Crippen molar-refractivity contribution in [2.24, 2.45) is 0 Å². The van der Waals surface area contributed by atoms with Gasteiger partial charge in [-0.2, -0.15) is 0 Å². The van der Waals surface area contributed by atoms with Crippen molar-refractivity contribution in [1.82, 2.24) is 0 Å². The number of hydrogen-bond acceptors (Lipinski definition) is 1. The summed E-state index contributed by atoms with van der Waals surface area (Å²) < 4.78 is 0. The number of aryl methyl sites for hydroxylation is 1. The highest BCUT2D eigenvalue weighted by molar-refractivity contribution is 5.86. The Labute approximate surface area is 95.6 Å². The Morgan fingerprint density at radius 2 is 2.25 bits per heavy atom. The molecule has 1 unspecified atom stereocenters. The maximum Gasteiger partial charge on any atom is 0.331 e. The topological polar surface area (TPSA) is 37.3 Å². The first-order valence-electron chi connectivity index (χ1n) is 5.65. The van der Waals surface area contributed by atoms with Crippen molar-refractivity contribution in [2.75, 3.05) is 0 Å². The first kappa shape index (κ1) is 10.9. The zero-order chi connectivity index (χ0) is 11.5. The predicted octanol–water partition coefficient (Wildman–Crippen LogP) is 3.27. The van der Waals surface area contributed by atoms with E-state index in [1.165, 1.54) is 11.1 Å². The molecule has 0 bridgehead atoms. The van der Waals surface area contributed by atoms with E-state index in [1.807, 2.05) is 6.08 Å². The minimum Gasteiger partial charge on any atom is -0.478 e. The van der Waals surface area contributed by atoms with Gasteiger partial charge in [-0.3, -0.25) is 0 Å². The van der Waals surface area contributed by atoms with Gasteiger partial charge in [0.2, 0.25) is 0 Å². The highest BCUT2D eigenvalue weighted by Gasteiger charge is 2.19. The van der Waals surface area contributed by atoms with Gasteiger partial charge < -0.3 is 5.11 Å². The van der Waals surface area contributed by atoms with Crippen LogP contribution in [-0.2, 0) is 4.79 Å². The van der Waals surface area contributed by atoms with Crippen molar-refractivity contribution >= 4 is 5.97 Å². The molecule has 0 saturated carbocycles. The minimum atomic E-state index is -0.761. The van der Waals surface area contributed by atoms with Crippen LogP contribution >= 0.6 is 0 Å². The molecule has 2 rings (SSSR count). The molecule has 1 N–H and O–H groups in total. The summed E-state index contributed by atoms with van der Waals surface area (Å²) in [5.41, 5.74) is 3.18. The summed E-state index contributed by atoms with van der Waals surface area (Å²) in [6.45, 7) is 2.09. The molecule has 2 nitrogen and oxygen atoms in total. The molecular formula is C14H16O2. The highest BCUT2D eigenvalue weighted by atomic mass is 16.4. The van der Waals surface area contributed by atoms with Gasteiger partial charge in [0.1, 0.15) is 0 Å². The van der Waals surface area contributed by atoms with E-state index in [2.05, 4.69) is 31.2 Å². The fourth-order valence-electron chi connectivity index (χ4n) is 2.26. The van der Waals surface area contributed by atoms with Crippen molar-refractivity contribution in [3.05, 3.63) is 47.0 Å². The molecule has 0 fully saturated rings. The van der Waals surface area contributed by atoms with Crippen molar-refractivity contribution in [3.8, 4) is 0 Å². The maximum atomic E-state index is 10.8. The van der Waals surface area contributed by atoms with E-state index in [0.29, 0.717) is 17.9 Å². The van der Waals surface area contributed by atoms with Crippen LogP contribution in [0.25, 0.3) is 0 Å². The van der Waals surface area contributed by atoms with Crippen LogP contribution in [0.2, 0.25) is 0 Å². The molecule has 84 valence electrons. The molecule has 1 atom stereocenters. The van der Waals surface area contributed by atoms with Gasteiger partial charge in [0.15, 0.2) is 0 Å². The van der Waals surface area contributed by atoms with E-state index in [1.54, 1.807) is 0 Å². The van der Waals surface area contributed by atoms with E-state index < -0.39 is 5.97 Å². The van der Waals surface area contributed by atoms with Crippen molar-refractivity contribution < 1.29 is 9.90 Å². The van der Waals surface area contributed by atoms with E-state index in [4.69, 9.17) is 5.11 Å². The Morgan fingerprint density at radius 3 is 2.81 bits per heavy atom. The molecule has 0 aliphatic heterocycles. The third kappa shape index (κ3) is 2.32. The lowest BCUT2D eigenvalue weighted by atomic mass is 9.84. The molecule has 1 aliphatic carbocycles. The summed E-state index contributed by atoms with van der Waals surface area (Å²) in [6, 6.07) is 8.49. The van der Waals surface area contributed by atoms with Crippen LogP contribution < -0.4 is 0 Å². The minimum absolute atomic E-state index is 0.489. The molecule has 1 aromatic carbocycles. The summed E-state index contributed by atoms with van der Waals surface area (Å²) in [6.07, 6.45) is 4.36. The zero-order valence-corrected chi connectivity index (χ0v) is 9.44. The molecular weight excluding hydrogens is 200 g/mol. The summed E-state index contributed by atoms with van der Waals surface area (Å²) >= 11 is 0. The van der Waals surface area contributed by atoms with Gasteiger partial charge in [0, 0.05) is 5.57 Å². The van der Waals surface area contributed by atoms with Crippen LogP contribution in [0.3, 0.4) is 0 Å². The lowest BCUT2D eigenvalue weighted by Crippen LogP contribution is -2.09. The number of aliphatic carboxylic acids is 1. The van der Waals surface area contributed by atoms with Crippen LogP contribution in [0.1, 0.15) is 36.3 Å². The normalized spacial score (nSPS) is 20.3. The Balaban J connectivity index is 2.12. The second-order valence-corrected chi connectivity index (χ2v) is 4.42. The number of benzene rings is 1. The molecule has 2 heteroatoms. The second kappa shape index (κ2) is 4.52. The number of allylic oxidation sites excluding steroid dienone is 1. The summed E-state index contributed by atoms with van der Waals surface area (Å²) in [5.74, 6) is -0.273. The number of carboxylic acid groups (broad SMARTS) is 1. The number of hydrogen-bond donors (Lipinski definition) is 1. The first-order chi connectivity index (χ1) is 7.66. The van der Waals surface area contributed by atoms with Crippen molar-refractivity contribution in [2.45, 2.75) is 32.1 Å². The summed E-state index contributed by atoms with van der Waals surface area (Å²) in [5, 5.41) is 8.87. The number of rotatable bonds is 2. The SMILES string of the molecule is Cc1cccc(C2CC=C(C(=O)O)CC2)c1. The van der Waals surface area contributed by atoms with Gasteiger partial charge >= 0.3 is 5.97 Å². The molecule has 0 spiro atoms. The number of carboxylic acids is 1. The predicted molar refractivity (Wildman–Crippen MR) is 63.5 cm³/mol. The lowest BCUT2D eigenvalue weighted by molar-refractivity contribution is -0.132. The van der Waals surface area contributed by atoms with E-state index in [0.717, 1.165) is 12.8 Å². The lowest BCUT2D eigenvalue weighted by Gasteiger charge is -2.20. The number of carbonyl (C=O) groups is 1. The first-order valence-corrected chi connectivity index (χ1v) is 5.65. The molecule has 0 aromatic heterocycles.